The van der Waals surface area contributed by atoms with Crippen molar-refractivity contribution in [2.45, 2.75) is 110 Å². The molecule has 272 valence electrons. The zero-order valence-electron chi connectivity index (χ0n) is 29.9. The van der Waals surface area contributed by atoms with Gasteiger partial charge in [0.25, 0.3) is 5.88 Å². The van der Waals surface area contributed by atoms with Gasteiger partial charge in [-0.05, 0) is 76.1 Å². The molecule has 0 saturated carbocycles. The smallest absolute Gasteiger partial charge is 0.407 e. The zero-order chi connectivity index (χ0) is 36.2. The highest BCUT2D eigenvalue weighted by Crippen LogP contribution is 2.37. The third-order valence-corrected chi connectivity index (χ3v) is 10.00. The largest absolute Gasteiger partial charge is 0.476 e. The van der Waals surface area contributed by atoms with E-state index in [1.165, 1.54) is 0 Å². The van der Waals surface area contributed by atoms with E-state index in [9.17, 15) is 19.8 Å². The van der Waals surface area contributed by atoms with Crippen LogP contribution in [0.5, 0.6) is 5.88 Å². The lowest BCUT2D eigenvalue weighted by Gasteiger charge is -2.32. The Balaban J connectivity index is 1.18. The number of rotatable bonds is 13. The highest BCUT2D eigenvalue weighted by atomic mass is 32.1. The maximum Gasteiger partial charge on any atom is 0.407 e. The SMILES string of the molecule is Cc1ncsc1-c1ccc(C2(C)NC(C3C[C@@H](O)CN3C(=O)C(c3cc(OCCCCCNC(=O)OC(C)(C)C)no3)C(C)C)=NC2O)cc1. The second-order valence-electron chi connectivity index (χ2n) is 14.6. The van der Waals surface area contributed by atoms with E-state index in [-0.39, 0.29) is 24.8 Å². The number of aryl methyl sites for hydroxylation is 1. The predicted molar refractivity (Wildman–Crippen MR) is 190 cm³/mol. The minimum absolute atomic E-state index is 0.128. The molecule has 4 heterocycles. The van der Waals surface area contributed by atoms with Gasteiger partial charge in [0.2, 0.25) is 5.91 Å². The molecule has 4 unspecified atom stereocenters. The Kier molecular flexibility index (Phi) is 11.5. The molecule has 1 aromatic carbocycles. The number of nitrogens with one attached hydrogen (secondary N) is 2. The number of aliphatic hydroxyl groups excluding tert-OH is 2. The number of alkyl carbamates (subject to hydrolysis) is 1. The van der Waals surface area contributed by atoms with E-state index in [2.05, 4.69) is 25.8 Å². The summed E-state index contributed by atoms with van der Waals surface area (Å²) in [6.45, 7) is 14.2. The van der Waals surface area contributed by atoms with Crippen molar-refractivity contribution in [3.05, 3.63) is 52.9 Å². The van der Waals surface area contributed by atoms with Crippen molar-refractivity contribution in [3.8, 4) is 16.3 Å². The molecular formula is C36H50N6O7S. The molecule has 3 aromatic rings. The summed E-state index contributed by atoms with van der Waals surface area (Å²) >= 11 is 1.58. The number of β-amino-alcohol motifs (C(OH)–C–C–N with tert-alkyl or cyclic N) is 1. The summed E-state index contributed by atoms with van der Waals surface area (Å²) in [5.74, 6) is 0.0860. The van der Waals surface area contributed by atoms with Crippen LogP contribution in [0.15, 0.2) is 45.4 Å². The standard InChI is InChI=1S/C36H50N6O7S/c1-21(2)29(27-18-28(41-49-27)47-16-10-8-9-15-37-34(46)48-35(4,5)6)32(44)42-19-25(43)17-26(42)31-39-33(45)36(7,40-31)24-13-11-23(12-14-24)30-22(3)38-20-50-30/h11-14,18,20-21,25-26,29,33,43,45H,8-10,15-17,19H2,1-7H3,(H,37,46)(H,39,40)/t25-,26?,29?,33?,36?/m1/s1. The number of hydrogen-bond acceptors (Lipinski definition) is 12. The molecule has 2 amide bonds. The first-order chi connectivity index (χ1) is 23.7. The van der Waals surface area contributed by atoms with Crippen LogP contribution in [0.1, 0.15) is 90.2 Å². The van der Waals surface area contributed by atoms with Gasteiger partial charge in [0, 0.05) is 25.6 Å². The van der Waals surface area contributed by atoms with E-state index in [0.29, 0.717) is 30.6 Å². The summed E-state index contributed by atoms with van der Waals surface area (Å²) in [7, 11) is 0. The number of carbonyl (C=O) groups excluding carboxylic acids is 2. The van der Waals surface area contributed by atoms with Gasteiger partial charge in [-0.3, -0.25) is 4.79 Å². The number of amides is 2. The van der Waals surface area contributed by atoms with Gasteiger partial charge in [-0.15, -0.1) is 11.3 Å². The molecule has 50 heavy (non-hydrogen) atoms. The highest BCUT2D eigenvalue weighted by Gasteiger charge is 2.48. The number of aliphatic imine (C=N–C) groups is 1. The Morgan fingerprint density at radius 2 is 1.92 bits per heavy atom. The average molecular weight is 711 g/mol. The molecule has 0 spiro atoms. The van der Waals surface area contributed by atoms with Gasteiger partial charge in [-0.1, -0.05) is 38.1 Å². The number of thiazole rings is 1. The van der Waals surface area contributed by atoms with Crippen LogP contribution in [0.25, 0.3) is 10.4 Å². The van der Waals surface area contributed by atoms with E-state index in [0.717, 1.165) is 41.0 Å². The van der Waals surface area contributed by atoms with Crippen LogP contribution in [0, 0.1) is 12.8 Å². The molecule has 0 aliphatic carbocycles. The molecule has 0 bridgehead atoms. The summed E-state index contributed by atoms with van der Waals surface area (Å²) in [4.78, 5) is 37.6. The fourth-order valence-corrected chi connectivity index (χ4v) is 7.18. The quantitative estimate of drug-likeness (QED) is 0.175. The molecule has 4 N–H and O–H groups in total. The van der Waals surface area contributed by atoms with E-state index in [1.54, 1.807) is 22.3 Å². The maximum absolute atomic E-state index is 14.2. The molecule has 1 fully saturated rings. The van der Waals surface area contributed by atoms with E-state index in [4.69, 9.17) is 14.0 Å². The number of unbranched alkanes of at least 4 members (excludes halogenated alkanes) is 2. The van der Waals surface area contributed by atoms with Gasteiger partial charge >= 0.3 is 6.09 Å². The first-order valence-corrected chi connectivity index (χ1v) is 18.1. The molecule has 1 saturated heterocycles. The monoisotopic (exact) mass is 710 g/mol. The summed E-state index contributed by atoms with van der Waals surface area (Å²) in [5, 5.41) is 32.2. The number of ether oxygens (including phenoxy) is 2. The van der Waals surface area contributed by atoms with Crippen molar-refractivity contribution >= 4 is 29.2 Å². The van der Waals surface area contributed by atoms with Gasteiger partial charge in [0.15, 0.2) is 12.0 Å². The van der Waals surface area contributed by atoms with Crippen LogP contribution in [0.4, 0.5) is 4.79 Å². The van der Waals surface area contributed by atoms with Crippen molar-refractivity contribution in [3.63, 3.8) is 0 Å². The maximum atomic E-state index is 14.2. The molecule has 2 aliphatic rings. The van der Waals surface area contributed by atoms with Crippen LogP contribution in [-0.2, 0) is 15.1 Å². The van der Waals surface area contributed by atoms with E-state index < -0.39 is 41.5 Å². The Morgan fingerprint density at radius 1 is 1.18 bits per heavy atom. The summed E-state index contributed by atoms with van der Waals surface area (Å²) in [6.07, 6.45) is 0.353. The number of carbonyl (C=O) groups is 2. The Bertz CT molecular complexity index is 1650. The Morgan fingerprint density at radius 3 is 2.58 bits per heavy atom. The van der Waals surface area contributed by atoms with Crippen LogP contribution < -0.4 is 15.4 Å². The lowest BCUT2D eigenvalue weighted by Crippen LogP contribution is -2.51. The first-order valence-electron chi connectivity index (χ1n) is 17.3. The first kappa shape index (κ1) is 37.3. The Hall–Kier alpha value is -4.01. The number of amidine groups is 1. The number of aliphatic hydroxyl groups is 2. The summed E-state index contributed by atoms with van der Waals surface area (Å²) < 4.78 is 16.7. The van der Waals surface area contributed by atoms with Crippen molar-refractivity contribution < 1.29 is 33.8 Å². The molecule has 5 rings (SSSR count). The second-order valence-corrected chi connectivity index (χ2v) is 15.4. The normalized spacial score (nSPS) is 22.7. The third-order valence-electron chi connectivity index (χ3n) is 9.02. The number of hydrogen-bond donors (Lipinski definition) is 4. The van der Waals surface area contributed by atoms with Gasteiger partial charge in [0.1, 0.15) is 22.9 Å². The highest BCUT2D eigenvalue weighted by molar-refractivity contribution is 7.13. The fourth-order valence-electron chi connectivity index (χ4n) is 6.36. The second kappa shape index (κ2) is 15.5. The molecule has 14 heteroatoms. The molecule has 13 nitrogen and oxygen atoms in total. The minimum Gasteiger partial charge on any atom is -0.476 e. The Labute approximate surface area is 297 Å². The van der Waals surface area contributed by atoms with Crippen LogP contribution in [0.3, 0.4) is 0 Å². The van der Waals surface area contributed by atoms with E-state index >= 15 is 0 Å². The number of benzene rings is 1. The number of nitrogens with zero attached hydrogens (tertiary/aromatic N) is 4. The lowest BCUT2D eigenvalue weighted by molar-refractivity contribution is -0.134. The summed E-state index contributed by atoms with van der Waals surface area (Å²) in [5.41, 5.74) is 3.22. The molecule has 2 aromatic heterocycles. The van der Waals surface area contributed by atoms with Crippen molar-refractivity contribution in [1.29, 1.82) is 0 Å². The number of aromatic nitrogens is 2. The van der Waals surface area contributed by atoms with Gasteiger partial charge in [-0.2, -0.15) is 0 Å². The fraction of sp³-hybridized carbons (Fsp3) is 0.583. The van der Waals surface area contributed by atoms with Crippen LogP contribution >= 0.6 is 11.3 Å². The lowest BCUT2D eigenvalue weighted by atomic mass is 9.90. The topological polar surface area (TPSA) is 172 Å². The zero-order valence-corrected chi connectivity index (χ0v) is 30.7. The van der Waals surface area contributed by atoms with Crippen molar-refractivity contribution in [2.24, 2.45) is 10.9 Å². The third kappa shape index (κ3) is 8.64. The number of likely N-dealkylation sites (tertiary alicyclic amines) is 1. The molecule has 5 atom stereocenters. The average Bonchev–Trinajstić information content (AvgIpc) is 3.83. The predicted octanol–water partition coefficient (Wildman–Crippen LogP) is 5.12. The van der Waals surface area contributed by atoms with Gasteiger partial charge in [0.05, 0.1) is 34.8 Å². The minimum atomic E-state index is -1.10. The molecule has 2 aliphatic heterocycles. The van der Waals surface area contributed by atoms with Crippen molar-refractivity contribution in [1.82, 2.24) is 25.7 Å². The van der Waals surface area contributed by atoms with Gasteiger partial charge < -0.3 is 39.7 Å². The summed E-state index contributed by atoms with van der Waals surface area (Å²) in [6, 6.07) is 9.06. The van der Waals surface area contributed by atoms with E-state index in [1.807, 2.05) is 78.2 Å². The van der Waals surface area contributed by atoms with Crippen molar-refractivity contribution in [2.75, 3.05) is 19.7 Å². The van der Waals surface area contributed by atoms with Crippen LogP contribution in [0.2, 0.25) is 0 Å². The molecule has 0 radical (unpaired) electrons. The van der Waals surface area contributed by atoms with Gasteiger partial charge in [-0.25, -0.2) is 14.8 Å². The van der Waals surface area contributed by atoms with Crippen LogP contribution in [-0.4, -0.2) is 86.8 Å². The molecular weight excluding hydrogens is 660 g/mol.